The molecule has 0 aromatic heterocycles. The van der Waals surface area contributed by atoms with Crippen LogP contribution in [0.5, 0.6) is 0 Å². The predicted molar refractivity (Wildman–Crippen MR) is 118 cm³/mol. The van der Waals surface area contributed by atoms with Crippen LogP contribution < -0.4 is 0 Å². The van der Waals surface area contributed by atoms with Gasteiger partial charge in [-0.25, -0.2) is 0 Å². The predicted octanol–water partition coefficient (Wildman–Crippen LogP) is 1.08. The van der Waals surface area contributed by atoms with Gasteiger partial charge in [-0.1, -0.05) is 6.55 Å². The van der Waals surface area contributed by atoms with Crippen molar-refractivity contribution < 1.29 is 41.8 Å². The minimum absolute atomic E-state index is 0.0523. The van der Waals surface area contributed by atoms with Crippen LogP contribution in [-0.2, 0) is 31.6 Å². The number of aliphatic hydroxyl groups excluding tert-OH is 2. The van der Waals surface area contributed by atoms with E-state index < -0.39 is 26.9 Å². The topological polar surface area (TPSA) is 105 Å². The molecule has 0 bridgehead atoms. The molecule has 0 aliphatic rings. The number of hydrogen-bond donors (Lipinski definition) is 2. The Bertz CT molecular complexity index is 367. The molecule has 0 rings (SSSR count). The lowest BCUT2D eigenvalue weighted by atomic mass is 10.3. The Hall–Kier alpha value is 0.291. The van der Waals surface area contributed by atoms with Gasteiger partial charge in [-0.05, 0) is 38.4 Å². The lowest BCUT2D eigenvalue weighted by molar-refractivity contribution is -0.0437. The Morgan fingerprint density at radius 2 is 1.24 bits per heavy atom. The molecule has 0 aliphatic carbocycles. The molecule has 0 aromatic rings. The average molecular weight is 475 g/mol. The first kappa shape index (κ1) is 29.3. The maximum absolute atomic E-state index is 8.71. The van der Waals surface area contributed by atoms with Crippen LogP contribution in [0.4, 0.5) is 0 Å². The van der Waals surface area contributed by atoms with Crippen molar-refractivity contribution in [2.45, 2.75) is 51.5 Å². The lowest BCUT2D eigenvalue weighted by Crippen LogP contribution is -2.45. The van der Waals surface area contributed by atoms with Crippen LogP contribution in [0, 0.1) is 0 Å². The second kappa shape index (κ2) is 19.0. The van der Waals surface area contributed by atoms with Crippen molar-refractivity contribution in [1.82, 2.24) is 0 Å². The van der Waals surface area contributed by atoms with Crippen molar-refractivity contribution in [3.63, 3.8) is 0 Å². The van der Waals surface area contributed by atoms with E-state index in [2.05, 4.69) is 13.1 Å². The fourth-order valence-corrected chi connectivity index (χ4v) is 7.36. The number of rotatable bonds is 22. The normalized spacial score (nSPS) is 14.7. The van der Waals surface area contributed by atoms with Crippen molar-refractivity contribution in [3.05, 3.63) is 0 Å². The summed E-state index contributed by atoms with van der Waals surface area (Å²) in [6, 6.07) is 0.954. The molecule has 0 amide bonds. The number of aliphatic hydroxyl groups is 2. The number of hydrogen-bond acceptors (Lipinski definition) is 9. The van der Waals surface area contributed by atoms with Crippen molar-refractivity contribution in [2.24, 2.45) is 0 Å². The smallest absolute Gasteiger partial charge is 0.422 e. The first-order valence-electron chi connectivity index (χ1n) is 10.4. The van der Waals surface area contributed by atoms with E-state index in [0.717, 1.165) is 25.3 Å². The van der Waals surface area contributed by atoms with Gasteiger partial charge in [-0.15, -0.1) is 0 Å². The van der Waals surface area contributed by atoms with Crippen LogP contribution in [-0.4, -0.2) is 96.9 Å². The van der Waals surface area contributed by atoms with Gasteiger partial charge in [-0.3, -0.25) is 0 Å². The summed E-state index contributed by atoms with van der Waals surface area (Å²) in [7, 11) is -5.30. The van der Waals surface area contributed by atoms with E-state index in [-0.39, 0.29) is 26.8 Å². The van der Waals surface area contributed by atoms with E-state index >= 15 is 0 Å². The first-order valence-corrected chi connectivity index (χ1v) is 17.7. The van der Waals surface area contributed by atoms with Gasteiger partial charge in [-0.2, -0.15) is 0 Å². The van der Waals surface area contributed by atoms with Gasteiger partial charge < -0.3 is 41.8 Å². The summed E-state index contributed by atoms with van der Waals surface area (Å²) in [5.74, 6) is 0. The quantitative estimate of drug-likeness (QED) is 0.135. The molecule has 12 heteroatoms. The molecule has 0 radical (unpaired) electrons. The molecule has 0 spiro atoms. The second-order valence-electron chi connectivity index (χ2n) is 7.11. The molecule has 29 heavy (non-hydrogen) atoms. The fourth-order valence-electron chi connectivity index (χ4n) is 2.30. The molecule has 0 fully saturated rings. The molecule has 0 aromatic carbocycles. The molecule has 0 heterocycles. The zero-order chi connectivity index (χ0) is 21.8. The Balaban J connectivity index is 3.96. The van der Waals surface area contributed by atoms with Gasteiger partial charge >= 0.3 is 8.80 Å². The van der Waals surface area contributed by atoms with E-state index in [1.165, 1.54) is 0 Å². The summed E-state index contributed by atoms with van der Waals surface area (Å²) in [6.45, 7) is 11.2. The van der Waals surface area contributed by atoms with Crippen molar-refractivity contribution in [3.8, 4) is 0 Å². The summed E-state index contributed by atoms with van der Waals surface area (Å²) in [5.41, 5.74) is 0. The maximum atomic E-state index is 8.71. The number of unbranched alkanes of at least 4 members (excludes halogenated alkanes) is 1. The highest BCUT2D eigenvalue weighted by atomic mass is 28.4. The lowest BCUT2D eigenvalue weighted by Gasteiger charge is -2.29. The third-order valence-corrected chi connectivity index (χ3v) is 10.9. The molecule has 0 aliphatic heterocycles. The van der Waals surface area contributed by atoms with E-state index in [9.17, 15) is 0 Å². The first-order chi connectivity index (χ1) is 13.9. The van der Waals surface area contributed by atoms with Crippen molar-refractivity contribution in [2.75, 3.05) is 59.8 Å². The highest BCUT2D eigenvalue weighted by molar-refractivity contribution is 6.71. The Kier molecular flexibility index (Phi) is 19.2. The van der Waals surface area contributed by atoms with Gasteiger partial charge in [0.15, 0.2) is 8.32 Å². The summed E-state index contributed by atoms with van der Waals surface area (Å²) >= 11 is 0. The molecular weight excluding hydrogens is 432 g/mol. The largest absolute Gasteiger partial charge is 0.490 e. The monoisotopic (exact) mass is 474 g/mol. The fraction of sp³-hybridized carbons (Fsp3) is 1.00. The van der Waals surface area contributed by atoms with Crippen LogP contribution in [0.3, 0.4) is 0 Å². The third kappa shape index (κ3) is 18.8. The van der Waals surface area contributed by atoms with Crippen LogP contribution in [0.1, 0.15) is 19.3 Å². The van der Waals surface area contributed by atoms with E-state index in [0.29, 0.717) is 33.0 Å². The Labute approximate surface area is 180 Å². The van der Waals surface area contributed by atoms with Gasteiger partial charge in [0, 0.05) is 26.4 Å². The molecule has 0 saturated carbocycles. The molecule has 1 atom stereocenters. The molecule has 0 unspecified atom stereocenters. The second-order valence-corrected chi connectivity index (χ2v) is 15.5. The summed E-state index contributed by atoms with van der Waals surface area (Å²) in [5, 5.41) is 17.3. The highest BCUT2D eigenvalue weighted by Crippen LogP contribution is 2.16. The molecule has 176 valence electrons. The summed E-state index contributed by atoms with van der Waals surface area (Å²) in [6.07, 6.45) is 2.64. The minimum Gasteiger partial charge on any atom is -0.422 e. The van der Waals surface area contributed by atoms with E-state index in [4.69, 9.17) is 41.8 Å². The van der Waals surface area contributed by atoms with Crippen LogP contribution in [0.15, 0.2) is 0 Å². The zero-order valence-electron chi connectivity index (χ0n) is 18.7. The zero-order valence-corrected chi connectivity index (χ0v) is 22.1. The highest BCUT2D eigenvalue weighted by Gasteiger charge is 2.35. The summed E-state index contributed by atoms with van der Waals surface area (Å²) < 4.78 is 39.5. The Morgan fingerprint density at radius 1 is 0.690 bits per heavy atom. The average Bonchev–Trinajstić information content (AvgIpc) is 2.66. The standard InChI is InChI=1S/C17H42O9Si3/c1-27-26-29(4,24-16-22-11-6-5-10-20-13-8-18)25-17-23-28(2,3)15-7-12-21-14-9-19/h18-19H,5-17,27H2,1-4H3/t29-/m1/s1. The maximum Gasteiger partial charge on any atom is 0.490 e. The molecule has 0 saturated heterocycles. The van der Waals surface area contributed by atoms with Crippen LogP contribution in [0.25, 0.3) is 0 Å². The van der Waals surface area contributed by atoms with Gasteiger partial charge in [0.2, 0.25) is 0 Å². The van der Waals surface area contributed by atoms with Crippen LogP contribution >= 0.6 is 0 Å². The van der Waals surface area contributed by atoms with Gasteiger partial charge in [0.1, 0.15) is 23.3 Å². The minimum atomic E-state index is -2.76. The van der Waals surface area contributed by atoms with Crippen molar-refractivity contribution >= 4 is 26.9 Å². The Morgan fingerprint density at radius 3 is 1.83 bits per heavy atom. The summed E-state index contributed by atoms with van der Waals surface area (Å²) in [4.78, 5) is 0. The third-order valence-electron chi connectivity index (χ3n) is 3.95. The molecule has 2 N–H and O–H groups in total. The van der Waals surface area contributed by atoms with Crippen LogP contribution in [0.2, 0.25) is 32.2 Å². The molecule has 9 nitrogen and oxygen atoms in total. The SMILES string of the molecule is C[SiH2]O[Si@](C)(OCOCCCCOCCO)OCO[Si](C)(C)CCCOCCO. The van der Waals surface area contributed by atoms with E-state index in [1.807, 2.05) is 13.1 Å². The van der Waals surface area contributed by atoms with Gasteiger partial charge in [0.25, 0.3) is 0 Å². The number of ether oxygens (including phenoxy) is 3. The van der Waals surface area contributed by atoms with Crippen molar-refractivity contribution in [1.29, 1.82) is 0 Å². The van der Waals surface area contributed by atoms with E-state index in [1.54, 1.807) is 0 Å². The molecular formula is C17H42O9Si3. The van der Waals surface area contributed by atoms with Gasteiger partial charge in [0.05, 0.1) is 26.4 Å².